The van der Waals surface area contributed by atoms with E-state index in [1.54, 1.807) is 6.07 Å². The fourth-order valence-electron chi connectivity index (χ4n) is 1.70. The van der Waals surface area contributed by atoms with Crippen LogP contribution in [0.2, 0.25) is 0 Å². The van der Waals surface area contributed by atoms with Crippen molar-refractivity contribution in [3.63, 3.8) is 0 Å². The van der Waals surface area contributed by atoms with Crippen molar-refractivity contribution in [1.82, 2.24) is 5.32 Å². The standard InChI is InChI=1S/C12H18N2O3S/c1-9-5-3-4-6-10(9)11(13)7-18(16,17)8-12(15)14-2/h3-6,11H,7-8,13H2,1-2H3,(H,14,15). The Bertz CT molecular complexity index is 526. The molecule has 18 heavy (non-hydrogen) atoms. The molecule has 5 nitrogen and oxygen atoms in total. The summed E-state index contributed by atoms with van der Waals surface area (Å²) in [5.74, 6) is -1.28. The van der Waals surface area contributed by atoms with E-state index in [4.69, 9.17) is 5.73 Å². The minimum absolute atomic E-state index is 0.231. The molecular weight excluding hydrogens is 252 g/mol. The van der Waals surface area contributed by atoms with E-state index in [0.717, 1.165) is 11.1 Å². The Kier molecular flexibility index (Phi) is 4.86. The number of carbonyl (C=O) groups excluding carboxylic acids is 1. The van der Waals surface area contributed by atoms with Crippen LogP contribution in [-0.2, 0) is 14.6 Å². The molecule has 0 spiro atoms. The molecule has 1 unspecified atom stereocenters. The van der Waals surface area contributed by atoms with Crippen LogP contribution in [0.1, 0.15) is 17.2 Å². The maximum absolute atomic E-state index is 11.8. The molecule has 100 valence electrons. The van der Waals surface area contributed by atoms with Crippen molar-refractivity contribution >= 4 is 15.7 Å². The number of aryl methyl sites for hydroxylation is 1. The summed E-state index contributed by atoms with van der Waals surface area (Å²) < 4.78 is 23.5. The van der Waals surface area contributed by atoms with Crippen LogP contribution in [0.4, 0.5) is 0 Å². The van der Waals surface area contributed by atoms with Crippen molar-refractivity contribution in [3.05, 3.63) is 35.4 Å². The van der Waals surface area contributed by atoms with Crippen LogP contribution in [0.5, 0.6) is 0 Å². The van der Waals surface area contributed by atoms with Crippen LogP contribution < -0.4 is 11.1 Å². The number of hydrogen-bond acceptors (Lipinski definition) is 4. The zero-order valence-electron chi connectivity index (χ0n) is 10.5. The van der Waals surface area contributed by atoms with Gasteiger partial charge in [0.25, 0.3) is 0 Å². The number of sulfone groups is 1. The van der Waals surface area contributed by atoms with Crippen molar-refractivity contribution in [1.29, 1.82) is 0 Å². The lowest BCUT2D eigenvalue weighted by Crippen LogP contribution is -2.31. The van der Waals surface area contributed by atoms with E-state index in [0.29, 0.717) is 0 Å². The summed E-state index contributed by atoms with van der Waals surface area (Å²) in [6, 6.07) is 6.74. The van der Waals surface area contributed by atoms with Gasteiger partial charge < -0.3 is 11.1 Å². The maximum Gasteiger partial charge on any atom is 0.234 e. The Balaban J connectivity index is 2.79. The molecule has 0 aliphatic rings. The average Bonchev–Trinajstić information content (AvgIpc) is 2.27. The summed E-state index contributed by atoms with van der Waals surface area (Å²) in [7, 11) is -2.09. The van der Waals surface area contributed by atoms with E-state index < -0.39 is 27.5 Å². The Morgan fingerprint density at radius 3 is 2.56 bits per heavy atom. The van der Waals surface area contributed by atoms with Gasteiger partial charge >= 0.3 is 0 Å². The van der Waals surface area contributed by atoms with E-state index >= 15 is 0 Å². The average molecular weight is 270 g/mol. The fraction of sp³-hybridized carbons (Fsp3) is 0.417. The lowest BCUT2D eigenvalue weighted by atomic mass is 10.0. The smallest absolute Gasteiger partial charge is 0.234 e. The Morgan fingerprint density at radius 1 is 1.39 bits per heavy atom. The van der Waals surface area contributed by atoms with E-state index in [1.807, 2.05) is 25.1 Å². The molecular formula is C12H18N2O3S. The van der Waals surface area contributed by atoms with E-state index in [2.05, 4.69) is 5.32 Å². The Morgan fingerprint density at radius 2 is 2.00 bits per heavy atom. The third-order valence-corrected chi connectivity index (χ3v) is 4.22. The highest BCUT2D eigenvalue weighted by atomic mass is 32.2. The first-order valence-electron chi connectivity index (χ1n) is 5.58. The maximum atomic E-state index is 11.8. The van der Waals surface area contributed by atoms with E-state index in [-0.39, 0.29) is 5.75 Å². The summed E-state index contributed by atoms with van der Waals surface area (Å²) in [6.45, 7) is 1.88. The van der Waals surface area contributed by atoms with Gasteiger partial charge in [0.05, 0.1) is 5.75 Å². The molecule has 1 aromatic rings. The molecule has 3 N–H and O–H groups in total. The van der Waals surface area contributed by atoms with Gasteiger partial charge in [0.15, 0.2) is 9.84 Å². The highest BCUT2D eigenvalue weighted by Gasteiger charge is 2.21. The molecule has 0 saturated carbocycles. The molecule has 1 aromatic carbocycles. The number of rotatable bonds is 5. The molecule has 1 amide bonds. The summed E-state index contributed by atoms with van der Waals surface area (Å²) in [6.07, 6.45) is 0. The molecule has 0 aromatic heterocycles. The van der Waals surface area contributed by atoms with Gasteiger partial charge in [-0.2, -0.15) is 0 Å². The van der Waals surface area contributed by atoms with E-state index in [1.165, 1.54) is 7.05 Å². The SMILES string of the molecule is CNC(=O)CS(=O)(=O)CC(N)c1ccccc1C. The van der Waals surface area contributed by atoms with Gasteiger partial charge in [-0.3, -0.25) is 4.79 Å². The van der Waals surface area contributed by atoms with E-state index in [9.17, 15) is 13.2 Å². The third-order valence-electron chi connectivity index (χ3n) is 2.65. The lowest BCUT2D eigenvalue weighted by Gasteiger charge is -2.14. The molecule has 0 saturated heterocycles. The number of amides is 1. The summed E-state index contributed by atoms with van der Waals surface area (Å²) in [5.41, 5.74) is 7.62. The number of hydrogen-bond donors (Lipinski definition) is 2. The number of nitrogens with one attached hydrogen (secondary N) is 1. The summed E-state index contributed by atoms with van der Waals surface area (Å²) in [4.78, 5) is 11.1. The van der Waals surface area contributed by atoms with Gasteiger partial charge in [0.1, 0.15) is 5.75 Å². The summed E-state index contributed by atoms with van der Waals surface area (Å²) in [5, 5.41) is 2.29. The molecule has 0 aliphatic heterocycles. The first kappa shape index (κ1) is 14.7. The van der Waals surface area contributed by atoms with Crippen molar-refractivity contribution in [3.8, 4) is 0 Å². The van der Waals surface area contributed by atoms with Gasteiger partial charge in [-0.15, -0.1) is 0 Å². The molecule has 1 rings (SSSR count). The van der Waals surface area contributed by atoms with Gasteiger partial charge in [-0.25, -0.2) is 8.42 Å². The minimum Gasteiger partial charge on any atom is -0.358 e. The predicted octanol–water partition coefficient (Wildman–Crippen LogP) is 0.156. The predicted molar refractivity (Wildman–Crippen MR) is 70.8 cm³/mol. The first-order chi connectivity index (χ1) is 8.35. The highest BCUT2D eigenvalue weighted by Crippen LogP contribution is 2.16. The third kappa shape index (κ3) is 4.12. The monoisotopic (exact) mass is 270 g/mol. The van der Waals surface area contributed by atoms with Crippen LogP contribution in [0.3, 0.4) is 0 Å². The Hall–Kier alpha value is -1.40. The molecule has 1 atom stereocenters. The van der Waals surface area contributed by atoms with Crippen molar-refractivity contribution in [2.45, 2.75) is 13.0 Å². The van der Waals surface area contributed by atoms with Crippen LogP contribution in [-0.4, -0.2) is 32.9 Å². The quantitative estimate of drug-likeness (QED) is 0.797. The van der Waals surface area contributed by atoms with Crippen LogP contribution in [0, 0.1) is 6.92 Å². The molecule has 0 radical (unpaired) electrons. The lowest BCUT2D eigenvalue weighted by molar-refractivity contribution is -0.118. The summed E-state index contributed by atoms with van der Waals surface area (Å²) >= 11 is 0. The van der Waals surface area contributed by atoms with Crippen LogP contribution >= 0.6 is 0 Å². The van der Waals surface area contributed by atoms with Crippen molar-refractivity contribution < 1.29 is 13.2 Å². The number of nitrogens with two attached hydrogens (primary N) is 1. The van der Waals surface area contributed by atoms with Gasteiger partial charge in [-0.1, -0.05) is 24.3 Å². The number of carbonyl (C=O) groups is 1. The van der Waals surface area contributed by atoms with Gasteiger partial charge in [0.2, 0.25) is 5.91 Å². The normalized spacial score (nSPS) is 13.1. The molecule has 0 fully saturated rings. The van der Waals surface area contributed by atoms with Crippen molar-refractivity contribution in [2.24, 2.45) is 5.73 Å². The second-order valence-corrected chi connectivity index (χ2v) is 6.30. The zero-order chi connectivity index (χ0) is 13.8. The molecule has 0 aliphatic carbocycles. The largest absolute Gasteiger partial charge is 0.358 e. The highest BCUT2D eigenvalue weighted by molar-refractivity contribution is 7.92. The second kappa shape index (κ2) is 5.97. The molecule has 0 heterocycles. The first-order valence-corrected chi connectivity index (χ1v) is 7.40. The van der Waals surface area contributed by atoms with Gasteiger partial charge in [0, 0.05) is 13.1 Å². The van der Waals surface area contributed by atoms with Crippen LogP contribution in [0.15, 0.2) is 24.3 Å². The number of benzene rings is 1. The fourth-order valence-corrected chi connectivity index (χ4v) is 3.09. The minimum atomic E-state index is -3.49. The zero-order valence-corrected chi connectivity index (χ0v) is 11.3. The topological polar surface area (TPSA) is 89.3 Å². The van der Waals surface area contributed by atoms with Gasteiger partial charge in [-0.05, 0) is 18.1 Å². The molecule has 0 bridgehead atoms. The molecule has 6 heteroatoms. The Labute approximate surface area is 107 Å². The van der Waals surface area contributed by atoms with Crippen molar-refractivity contribution in [2.75, 3.05) is 18.6 Å². The second-order valence-electron chi connectivity index (χ2n) is 4.19. The van der Waals surface area contributed by atoms with Crippen LogP contribution in [0.25, 0.3) is 0 Å².